The molecule has 0 aliphatic carbocycles. The van der Waals surface area contributed by atoms with E-state index >= 15 is 0 Å². The molecule has 1 unspecified atom stereocenters. The molecule has 0 bridgehead atoms. The number of H-pyrrole nitrogens is 1. The van der Waals surface area contributed by atoms with Crippen molar-refractivity contribution in [2.45, 2.75) is 17.7 Å². The predicted molar refractivity (Wildman–Crippen MR) is 117 cm³/mol. The monoisotopic (exact) mass is 440 g/mol. The van der Waals surface area contributed by atoms with Crippen LogP contribution in [-0.2, 0) is 14.8 Å². The zero-order valence-corrected chi connectivity index (χ0v) is 17.9. The number of nitrogens with zero attached hydrogens (tertiary/aromatic N) is 2. The Morgan fingerprint density at radius 2 is 1.90 bits per heavy atom. The van der Waals surface area contributed by atoms with Crippen molar-refractivity contribution < 1.29 is 17.9 Å². The van der Waals surface area contributed by atoms with Crippen molar-refractivity contribution in [3.8, 4) is 17.0 Å². The van der Waals surface area contributed by atoms with E-state index < -0.39 is 15.9 Å². The van der Waals surface area contributed by atoms with Gasteiger partial charge in [-0.05, 0) is 37.1 Å². The van der Waals surface area contributed by atoms with E-state index in [0.29, 0.717) is 36.6 Å². The number of sulfonamides is 1. The van der Waals surface area contributed by atoms with Crippen molar-refractivity contribution in [1.29, 1.82) is 0 Å². The lowest BCUT2D eigenvalue weighted by Gasteiger charge is -2.31. The summed E-state index contributed by atoms with van der Waals surface area (Å²) in [5.41, 5.74) is 1.54. The van der Waals surface area contributed by atoms with Crippen molar-refractivity contribution in [3.05, 3.63) is 60.7 Å². The number of rotatable bonds is 6. The van der Waals surface area contributed by atoms with Gasteiger partial charge in [0, 0.05) is 24.7 Å². The van der Waals surface area contributed by atoms with Crippen molar-refractivity contribution in [2.75, 3.05) is 25.5 Å². The highest BCUT2D eigenvalue weighted by Gasteiger charge is 2.33. The zero-order chi connectivity index (χ0) is 21.8. The number of aromatic nitrogens is 2. The third-order valence-corrected chi connectivity index (χ3v) is 7.24. The fourth-order valence-electron chi connectivity index (χ4n) is 3.74. The first kappa shape index (κ1) is 21.1. The number of piperidine rings is 1. The maximum Gasteiger partial charge on any atom is 0.243 e. The third-order valence-electron chi connectivity index (χ3n) is 5.36. The Kier molecular flexibility index (Phi) is 6.06. The number of carbonyl (C=O) groups is 1. The van der Waals surface area contributed by atoms with E-state index in [4.69, 9.17) is 4.74 Å². The summed E-state index contributed by atoms with van der Waals surface area (Å²) < 4.78 is 32.6. The lowest BCUT2D eigenvalue weighted by molar-refractivity contribution is -0.120. The lowest BCUT2D eigenvalue weighted by atomic mass is 9.99. The van der Waals surface area contributed by atoms with E-state index in [0.717, 1.165) is 5.56 Å². The minimum Gasteiger partial charge on any atom is -0.496 e. The molecule has 4 rings (SSSR count). The van der Waals surface area contributed by atoms with Crippen LogP contribution in [0.4, 0.5) is 5.82 Å². The van der Waals surface area contributed by atoms with Gasteiger partial charge in [0.2, 0.25) is 15.9 Å². The van der Waals surface area contributed by atoms with E-state index in [2.05, 4.69) is 15.5 Å². The number of carbonyl (C=O) groups excluding carboxylic acids is 1. The van der Waals surface area contributed by atoms with Gasteiger partial charge in [-0.25, -0.2) is 8.42 Å². The second kappa shape index (κ2) is 8.91. The molecule has 0 saturated carbocycles. The lowest BCUT2D eigenvalue weighted by Crippen LogP contribution is -2.43. The number of benzene rings is 2. The van der Waals surface area contributed by atoms with Gasteiger partial charge < -0.3 is 10.1 Å². The second-order valence-corrected chi connectivity index (χ2v) is 9.31. The quantitative estimate of drug-likeness (QED) is 0.613. The van der Waals surface area contributed by atoms with Crippen molar-refractivity contribution in [1.82, 2.24) is 14.5 Å². The molecule has 1 saturated heterocycles. The maximum absolute atomic E-state index is 12.9. The van der Waals surface area contributed by atoms with Gasteiger partial charge in [0.1, 0.15) is 5.75 Å². The highest BCUT2D eigenvalue weighted by atomic mass is 32.2. The normalized spacial score (nSPS) is 17.3. The van der Waals surface area contributed by atoms with Crippen LogP contribution in [0.25, 0.3) is 11.3 Å². The average Bonchev–Trinajstić information content (AvgIpc) is 3.28. The van der Waals surface area contributed by atoms with Gasteiger partial charge in [0.15, 0.2) is 5.82 Å². The molecule has 0 spiro atoms. The smallest absolute Gasteiger partial charge is 0.243 e. The average molecular weight is 441 g/mol. The summed E-state index contributed by atoms with van der Waals surface area (Å²) in [4.78, 5) is 13.1. The SMILES string of the molecule is COc1ccccc1-c1cc(NC(=O)C2CCCN(S(=O)(=O)c3ccccc3)C2)n[nH]1. The minimum absolute atomic E-state index is 0.146. The molecule has 1 amide bonds. The zero-order valence-electron chi connectivity index (χ0n) is 17.1. The molecule has 1 atom stereocenters. The van der Waals surface area contributed by atoms with Crippen LogP contribution >= 0.6 is 0 Å². The number of amides is 1. The van der Waals surface area contributed by atoms with Gasteiger partial charge in [0.25, 0.3) is 0 Å². The fourth-order valence-corrected chi connectivity index (χ4v) is 5.28. The van der Waals surface area contributed by atoms with Crippen LogP contribution in [0.1, 0.15) is 12.8 Å². The van der Waals surface area contributed by atoms with Crippen molar-refractivity contribution in [2.24, 2.45) is 5.92 Å². The van der Waals surface area contributed by atoms with Gasteiger partial charge in [-0.2, -0.15) is 9.40 Å². The summed E-state index contributed by atoms with van der Waals surface area (Å²) in [5.74, 6) is 0.386. The van der Waals surface area contributed by atoms with Crippen LogP contribution in [0.5, 0.6) is 5.75 Å². The minimum atomic E-state index is -3.62. The largest absolute Gasteiger partial charge is 0.496 e. The summed E-state index contributed by atoms with van der Waals surface area (Å²) in [6, 6.07) is 17.5. The van der Waals surface area contributed by atoms with Gasteiger partial charge in [0.05, 0.1) is 23.6 Å². The highest BCUT2D eigenvalue weighted by molar-refractivity contribution is 7.89. The number of para-hydroxylation sites is 1. The summed E-state index contributed by atoms with van der Waals surface area (Å²) in [6.45, 7) is 0.550. The molecule has 1 aromatic heterocycles. The number of hydrogen-bond donors (Lipinski definition) is 2. The Labute approximate surface area is 181 Å². The Morgan fingerprint density at radius 3 is 2.68 bits per heavy atom. The number of aromatic amines is 1. The molecule has 9 heteroatoms. The molecule has 8 nitrogen and oxygen atoms in total. The second-order valence-electron chi connectivity index (χ2n) is 7.37. The summed E-state index contributed by atoms with van der Waals surface area (Å²) >= 11 is 0. The number of hydrogen-bond acceptors (Lipinski definition) is 5. The molecule has 2 aromatic carbocycles. The topological polar surface area (TPSA) is 104 Å². The van der Waals surface area contributed by atoms with Gasteiger partial charge in [-0.1, -0.05) is 30.3 Å². The van der Waals surface area contributed by atoms with Crippen LogP contribution in [0.15, 0.2) is 65.6 Å². The van der Waals surface area contributed by atoms with Crippen molar-refractivity contribution >= 4 is 21.7 Å². The Hall–Kier alpha value is -3.17. The van der Waals surface area contributed by atoms with E-state index in [1.54, 1.807) is 43.5 Å². The molecular weight excluding hydrogens is 416 g/mol. The molecule has 1 aliphatic rings. The van der Waals surface area contributed by atoms with E-state index in [-0.39, 0.29) is 17.3 Å². The van der Waals surface area contributed by atoms with Crippen LogP contribution in [0.2, 0.25) is 0 Å². The molecular formula is C22H24N4O4S. The molecule has 1 aliphatic heterocycles. The fraction of sp³-hybridized carbons (Fsp3) is 0.273. The summed E-state index contributed by atoms with van der Waals surface area (Å²) in [7, 11) is -2.03. The van der Waals surface area contributed by atoms with Gasteiger partial charge in [-0.15, -0.1) is 0 Å². The highest BCUT2D eigenvalue weighted by Crippen LogP contribution is 2.30. The van der Waals surface area contributed by atoms with Gasteiger partial charge >= 0.3 is 0 Å². The predicted octanol–water partition coefficient (Wildman–Crippen LogP) is 3.12. The first-order valence-corrected chi connectivity index (χ1v) is 11.5. The third kappa shape index (κ3) is 4.47. The standard InChI is InChI=1S/C22H24N4O4S/c1-30-20-12-6-5-11-18(20)19-14-21(25-24-19)23-22(27)16-8-7-13-26(15-16)31(28,29)17-9-3-2-4-10-17/h2-6,9-12,14,16H,7-8,13,15H2,1H3,(H2,23,24,25,27). The van der Waals surface area contributed by atoms with Crippen molar-refractivity contribution in [3.63, 3.8) is 0 Å². The maximum atomic E-state index is 12.9. The number of methoxy groups -OCH3 is 1. The molecule has 31 heavy (non-hydrogen) atoms. The van der Waals surface area contributed by atoms with Crippen LogP contribution in [0, 0.1) is 5.92 Å². The van der Waals surface area contributed by atoms with E-state index in [9.17, 15) is 13.2 Å². The van der Waals surface area contributed by atoms with Gasteiger partial charge in [-0.3, -0.25) is 9.89 Å². The number of nitrogens with one attached hydrogen (secondary N) is 2. The molecule has 2 N–H and O–H groups in total. The molecule has 1 fully saturated rings. The van der Waals surface area contributed by atoms with E-state index in [1.165, 1.54) is 4.31 Å². The molecule has 0 radical (unpaired) electrons. The number of anilines is 1. The molecule has 2 heterocycles. The Balaban J connectivity index is 1.45. The molecule has 162 valence electrons. The van der Waals surface area contributed by atoms with Crippen LogP contribution < -0.4 is 10.1 Å². The van der Waals surface area contributed by atoms with E-state index in [1.807, 2.05) is 24.3 Å². The number of ether oxygens (including phenoxy) is 1. The Bertz CT molecular complexity index is 1160. The summed E-state index contributed by atoms with van der Waals surface area (Å²) in [6.07, 6.45) is 1.24. The first-order valence-electron chi connectivity index (χ1n) is 10.0. The van der Waals surface area contributed by atoms with Crippen LogP contribution in [0.3, 0.4) is 0 Å². The molecule has 3 aromatic rings. The summed E-state index contributed by atoms with van der Waals surface area (Å²) in [5, 5.41) is 9.89. The Morgan fingerprint density at radius 1 is 1.16 bits per heavy atom. The van der Waals surface area contributed by atoms with Crippen LogP contribution in [-0.4, -0.2) is 49.0 Å². The first-order chi connectivity index (χ1) is 15.0.